The summed E-state index contributed by atoms with van der Waals surface area (Å²) in [5.74, 6) is 3.26. The quantitative estimate of drug-likeness (QED) is 0.146. The number of carbonyl (C=O) groups is 4. The van der Waals surface area contributed by atoms with Crippen LogP contribution in [-0.4, -0.2) is 23.9 Å². The Morgan fingerprint density at radius 3 is 1.76 bits per heavy atom. The largest absolute Gasteiger partial charge is 0.458 e. The smallest absolute Gasteiger partial charge is 0.335 e. The number of hydrogen-bond acceptors (Lipinski definition) is 8. The van der Waals surface area contributed by atoms with Crippen LogP contribution in [0.3, 0.4) is 0 Å². The Balaban J connectivity index is 2.05. The molecule has 0 N–H and O–H groups in total. The molecule has 0 fully saturated rings. The molecule has 8 heteroatoms. The minimum atomic E-state index is -0.800. The van der Waals surface area contributed by atoms with Crippen molar-refractivity contribution in [1.29, 1.82) is 0 Å². The molecule has 0 spiro atoms. The van der Waals surface area contributed by atoms with Crippen molar-refractivity contribution in [3.63, 3.8) is 0 Å². The van der Waals surface area contributed by atoms with Crippen molar-refractivity contribution in [2.45, 2.75) is 6.61 Å². The maximum absolute atomic E-state index is 12.3. The molecule has 204 valence electrons. The summed E-state index contributed by atoms with van der Waals surface area (Å²) in [7, 11) is 0. The lowest BCUT2D eigenvalue weighted by molar-refractivity contribution is -0.139. The zero-order valence-electron chi connectivity index (χ0n) is 21.9. The Morgan fingerprint density at radius 2 is 1.17 bits per heavy atom. The van der Waals surface area contributed by atoms with E-state index in [9.17, 15) is 19.2 Å². The summed E-state index contributed by atoms with van der Waals surface area (Å²) in [6.45, 7) is 13.7. The van der Waals surface area contributed by atoms with E-state index in [2.05, 4.69) is 38.2 Å². The lowest BCUT2D eigenvalue weighted by Crippen LogP contribution is -2.11. The molecule has 3 aromatic carbocycles. The number of carbonyl (C=O) groups excluding carboxylic acids is 4. The molecule has 3 rings (SSSR count). The second kappa shape index (κ2) is 14.3. The first kappa shape index (κ1) is 29.6. The highest BCUT2D eigenvalue weighted by atomic mass is 16.6. The van der Waals surface area contributed by atoms with E-state index >= 15 is 0 Å². The Hall–Kier alpha value is -5.94. The average molecular weight is 549 g/mol. The monoisotopic (exact) mass is 548 g/mol. The molecule has 0 saturated heterocycles. The van der Waals surface area contributed by atoms with Crippen molar-refractivity contribution in [3.8, 4) is 40.2 Å². The first-order valence-electron chi connectivity index (χ1n) is 12.0. The molecule has 0 aliphatic carbocycles. The van der Waals surface area contributed by atoms with Crippen LogP contribution in [0.15, 0.2) is 111 Å². The number of hydrogen-bond donors (Lipinski definition) is 0. The molecule has 0 atom stereocenters. The first-order valence-corrected chi connectivity index (χ1v) is 12.0. The van der Waals surface area contributed by atoms with Gasteiger partial charge in [0, 0.05) is 35.4 Å². The summed E-state index contributed by atoms with van der Waals surface area (Å²) in [5.41, 5.74) is 2.55. The summed E-state index contributed by atoms with van der Waals surface area (Å²) in [5, 5.41) is 0. The molecular weight excluding hydrogens is 524 g/mol. The zero-order chi connectivity index (χ0) is 29.8. The summed E-state index contributed by atoms with van der Waals surface area (Å²) < 4.78 is 21.1. The number of ether oxygens (including phenoxy) is 4. The maximum atomic E-state index is 12.3. The molecule has 8 nitrogen and oxygen atoms in total. The van der Waals surface area contributed by atoms with Crippen molar-refractivity contribution in [2.24, 2.45) is 0 Å². The zero-order valence-corrected chi connectivity index (χ0v) is 21.9. The van der Waals surface area contributed by atoms with Crippen molar-refractivity contribution >= 4 is 23.9 Å². The predicted octanol–water partition coefficient (Wildman–Crippen LogP) is 5.26. The van der Waals surface area contributed by atoms with Crippen LogP contribution in [0.5, 0.6) is 17.2 Å². The normalized spacial score (nSPS) is 9.66. The van der Waals surface area contributed by atoms with Crippen LogP contribution in [0, 0.1) is 11.8 Å². The molecule has 0 radical (unpaired) electrons. The Kier molecular flexibility index (Phi) is 10.3. The van der Waals surface area contributed by atoms with Crippen LogP contribution in [-0.2, 0) is 30.5 Å². The average Bonchev–Trinajstić information content (AvgIpc) is 3.00. The third-order valence-electron chi connectivity index (χ3n) is 5.24. The van der Waals surface area contributed by atoms with E-state index in [1.54, 1.807) is 60.7 Å². The van der Waals surface area contributed by atoms with Crippen LogP contribution >= 0.6 is 0 Å². The van der Waals surface area contributed by atoms with Crippen LogP contribution in [0.1, 0.15) is 16.7 Å². The van der Waals surface area contributed by atoms with Crippen molar-refractivity contribution in [1.82, 2.24) is 0 Å². The molecule has 0 aliphatic heterocycles. The Morgan fingerprint density at radius 1 is 0.610 bits per heavy atom. The lowest BCUT2D eigenvalue weighted by Gasteiger charge is -2.16. The van der Waals surface area contributed by atoms with Gasteiger partial charge in [-0.2, -0.15) is 0 Å². The topological polar surface area (TPSA) is 105 Å². The number of esters is 4. The molecule has 41 heavy (non-hydrogen) atoms. The van der Waals surface area contributed by atoms with Gasteiger partial charge < -0.3 is 18.9 Å². The van der Waals surface area contributed by atoms with Gasteiger partial charge in [0.25, 0.3) is 0 Å². The molecule has 3 aromatic rings. The molecule has 0 heterocycles. The minimum absolute atomic E-state index is 0.0767. The van der Waals surface area contributed by atoms with E-state index in [0.717, 1.165) is 29.9 Å². The minimum Gasteiger partial charge on any atom is -0.458 e. The third kappa shape index (κ3) is 8.27. The molecule has 0 unspecified atom stereocenters. The highest BCUT2D eigenvalue weighted by Crippen LogP contribution is 2.41. The fourth-order valence-electron chi connectivity index (χ4n) is 3.27. The predicted molar refractivity (Wildman–Crippen MR) is 152 cm³/mol. The molecule has 0 amide bonds. The van der Waals surface area contributed by atoms with Crippen LogP contribution in [0.2, 0.25) is 0 Å². The summed E-state index contributed by atoms with van der Waals surface area (Å²) in [6, 6.07) is 16.5. The van der Waals surface area contributed by atoms with Gasteiger partial charge in [-0.3, -0.25) is 0 Å². The molecule has 0 aliphatic rings. The first-order chi connectivity index (χ1) is 19.8. The molecule has 0 saturated carbocycles. The van der Waals surface area contributed by atoms with Gasteiger partial charge >= 0.3 is 23.9 Å². The molecular formula is C33H24O8. The number of rotatable bonds is 10. The van der Waals surface area contributed by atoms with Gasteiger partial charge in [-0.15, -0.1) is 0 Å². The van der Waals surface area contributed by atoms with E-state index in [4.69, 9.17) is 18.9 Å². The fourth-order valence-corrected chi connectivity index (χ4v) is 3.27. The lowest BCUT2D eigenvalue weighted by atomic mass is 10.0. The van der Waals surface area contributed by atoms with E-state index in [1.165, 1.54) is 0 Å². The molecule has 0 aromatic heterocycles. The van der Waals surface area contributed by atoms with Crippen LogP contribution in [0.4, 0.5) is 0 Å². The molecule has 0 bridgehead atoms. The van der Waals surface area contributed by atoms with Gasteiger partial charge in [-0.25, -0.2) is 19.2 Å². The van der Waals surface area contributed by atoms with E-state index in [0.29, 0.717) is 16.7 Å². The van der Waals surface area contributed by atoms with E-state index in [1.807, 2.05) is 0 Å². The van der Waals surface area contributed by atoms with Crippen molar-refractivity contribution in [3.05, 3.63) is 128 Å². The summed E-state index contributed by atoms with van der Waals surface area (Å²) >= 11 is 0. The van der Waals surface area contributed by atoms with Gasteiger partial charge in [0.2, 0.25) is 0 Å². The Bertz CT molecular complexity index is 1580. The standard InChI is InChI=1S/C33H24O8/c1-5-28(34)38-21-23-11-9-22(10-12-23)13-14-25-17-20-27(24-15-18-26(19-16-24)39-29(35)6-2)33(41-31(37)8-4)32(25)40-30(36)7-3/h5-12,15-20H,1-4,21H2. The van der Waals surface area contributed by atoms with Gasteiger partial charge in [-0.1, -0.05) is 62.4 Å². The van der Waals surface area contributed by atoms with Crippen LogP contribution in [0.25, 0.3) is 11.1 Å². The summed E-state index contributed by atoms with van der Waals surface area (Å²) in [4.78, 5) is 47.3. The number of benzene rings is 3. The highest BCUT2D eigenvalue weighted by Gasteiger charge is 2.21. The van der Waals surface area contributed by atoms with Crippen molar-refractivity contribution < 1.29 is 38.1 Å². The summed E-state index contributed by atoms with van der Waals surface area (Å²) in [6.07, 6.45) is 4.05. The van der Waals surface area contributed by atoms with Gasteiger partial charge in [0.05, 0.1) is 5.56 Å². The van der Waals surface area contributed by atoms with E-state index in [-0.39, 0.29) is 29.4 Å². The van der Waals surface area contributed by atoms with Gasteiger partial charge in [0.15, 0.2) is 11.5 Å². The van der Waals surface area contributed by atoms with E-state index < -0.39 is 23.9 Å². The van der Waals surface area contributed by atoms with Gasteiger partial charge in [0.1, 0.15) is 12.4 Å². The Labute approximate surface area is 236 Å². The SMILES string of the molecule is C=CC(=O)OCc1ccc(C#Cc2ccc(-c3ccc(OC(=O)C=C)cc3)c(OC(=O)C=C)c2OC(=O)C=C)cc1. The van der Waals surface area contributed by atoms with Crippen molar-refractivity contribution in [2.75, 3.05) is 0 Å². The van der Waals surface area contributed by atoms with Gasteiger partial charge in [-0.05, 0) is 47.5 Å². The third-order valence-corrected chi connectivity index (χ3v) is 5.24. The van der Waals surface area contributed by atoms with Crippen LogP contribution < -0.4 is 14.2 Å². The second-order valence-electron chi connectivity index (χ2n) is 7.98. The second-order valence-corrected chi connectivity index (χ2v) is 7.98. The maximum Gasteiger partial charge on any atom is 0.335 e. The fraction of sp³-hybridized carbons (Fsp3) is 0.0303. The highest BCUT2D eigenvalue weighted by molar-refractivity contribution is 5.90.